The molecule has 1 aliphatic heterocycles. The number of rotatable bonds is 0. The Bertz CT molecular complexity index is 176. The molecule has 3 heteroatoms. The Morgan fingerprint density at radius 2 is 2.20 bits per heavy atom. The third-order valence-corrected chi connectivity index (χ3v) is 3.53. The van der Waals surface area contributed by atoms with Gasteiger partial charge in [0.1, 0.15) is 0 Å². The summed E-state index contributed by atoms with van der Waals surface area (Å²) in [6, 6.07) is 0. The summed E-state index contributed by atoms with van der Waals surface area (Å²) in [5, 5.41) is 0. The molecule has 0 aromatic heterocycles. The molecule has 1 rings (SSSR count). The second-order valence-electron chi connectivity index (χ2n) is 2.92. The lowest BCUT2D eigenvalue weighted by molar-refractivity contribution is 0.575. The van der Waals surface area contributed by atoms with E-state index >= 15 is 0 Å². The van der Waals surface area contributed by atoms with E-state index in [9.17, 15) is 4.57 Å². The molecule has 0 aromatic carbocycles. The van der Waals surface area contributed by atoms with Crippen LogP contribution >= 0.6 is 7.29 Å². The van der Waals surface area contributed by atoms with Gasteiger partial charge in [0, 0.05) is 19.0 Å². The summed E-state index contributed by atoms with van der Waals surface area (Å²) in [4.78, 5) is 0. The van der Waals surface area contributed by atoms with Crippen LogP contribution in [-0.2, 0) is 4.57 Å². The summed E-state index contributed by atoms with van der Waals surface area (Å²) in [5.74, 6) is 0. The Morgan fingerprint density at radius 3 is 3.00 bits per heavy atom. The molecule has 0 N–H and O–H groups in total. The van der Waals surface area contributed by atoms with E-state index in [1.165, 1.54) is 12.8 Å². The molecular formula is C7H14NOP. The molecule has 10 heavy (non-hydrogen) atoms. The predicted molar refractivity (Wildman–Crippen MR) is 45.4 cm³/mol. The second-order valence-corrected chi connectivity index (χ2v) is 5.70. The van der Waals surface area contributed by atoms with Crippen molar-refractivity contribution in [2.75, 3.05) is 12.8 Å². The lowest BCUT2D eigenvalue weighted by atomic mass is 10.2. The van der Waals surface area contributed by atoms with Gasteiger partial charge in [0.2, 0.25) is 0 Å². The van der Waals surface area contributed by atoms with Gasteiger partial charge in [-0.3, -0.25) is 4.57 Å². The molecule has 0 amide bonds. The predicted octanol–water partition coefficient (Wildman–Crippen LogP) is 2.54. The maximum Gasteiger partial charge on any atom is 0.186 e. The van der Waals surface area contributed by atoms with Crippen molar-refractivity contribution < 1.29 is 4.57 Å². The number of hydrogen-bond donors (Lipinski definition) is 0. The maximum absolute atomic E-state index is 11.4. The van der Waals surface area contributed by atoms with Crippen molar-refractivity contribution in [3.8, 4) is 0 Å². The van der Waals surface area contributed by atoms with Crippen LogP contribution in [-0.4, -0.2) is 19.0 Å². The molecule has 58 valence electrons. The van der Waals surface area contributed by atoms with E-state index in [0.29, 0.717) is 0 Å². The molecule has 1 unspecified atom stereocenters. The van der Waals surface area contributed by atoms with E-state index in [0.717, 1.165) is 19.0 Å². The topological polar surface area (TPSA) is 29.4 Å². The van der Waals surface area contributed by atoms with Crippen molar-refractivity contribution in [2.24, 2.45) is 4.76 Å². The summed E-state index contributed by atoms with van der Waals surface area (Å²) in [5.41, 5.74) is 0. The second kappa shape index (κ2) is 3.34. The summed E-state index contributed by atoms with van der Waals surface area (Å²) < 4.78 is 15.5. The molecule has 0 fully saturated rings. The molecule has 1 aliphatic rings. The van der Waals surface area contributed by atoms with Crippen LogP contribution in [0.3, 0.4) is 0 Å². The van der Waals surface area contributed by atoms with Crippen LogP contribution < -0.4 is 0 Å². The van der Waals surface area contributed by atoms with E-state index in [2.05, 4.69) is 4.76 Å². The number of nitrogens with zero attached hydrogens (tertiary/aromatic N) is 1. The molecule has 0 bridgehead atoms. The van der Waals surface area contributed by atoms with Crippen LogP contribution in [0.25, 0.3) is 0 Å². The molecular weight excluding hydrogens is 145 g/mol. The Hall–Kier alpha value is -0.100. The third-order valence-electron chi connectivity index (χ3n) is 1.73. The van der Waals surface area contributed by atoms with Gasteiger partial charge in [-0.25, -0.2) is 4.76 Å². The van der Waals surface area contributed by atoms with Crippen molar-refractivity contribution >= 4 is 13.5 Å². The van der Waals surface area contributed by atoms with E-state index in [1.807, 2.05) is 6.21 Å². The summed E-state index contributed by atoms with van der Waals surface area (Å²) >= 11 is 0. The zero-order chi connectivity index (χ0) is 7.45. The van der Waals surface area contributed by atoms with Gasteiger partial charge in [0.15, 0.2) is 7.29 Å². The van der Waals surface area contributed by atoms with Crippen LogP contribution in [0.4, 0.5) is 0 Å². The lowest BCUT2D eigenvalue weighted by Gasteiger charge is -2.09. The molecule has 0 spiro atoms. The van der Waals surface area contributed by atoms with Gasteiger partial charge in [-0.1, -0.05) is 6.42 Å². The monoisotopic (exact) mass is 159 g/mol. The SMILES string of the molecule is CP1(=O)CCCCCC=N1. The fraction of sp³-hybridized carbons (Fsp3) is 0.857. The van der Waals surface area contributed by atoms with Crippen LogP contribution in [0.15, 0.2) is 4.76 Å². The normalized spacial score (nSPS) is 34.9. The maximum atomic E-state index is 11.4. The lowest BCUT2D eigenvalue weighted by Crippen LogP contribution is -1.91. The van der Waals surface area contributed by atoms with E-state index in [4.69, 9.17) is 0 Å². The van der Waals surface area contributed by atoms with Gasteiger partial charge in [0.05, 0.1) is 0 Å². The van der Waals surface area contributed by atoms with E-state index in [1.54, 1.807) is 6.66 Å². The van der Waals surface area contributed by atoms with Crippen molar-refractivity contribution in [1.29, 1.82) is 0 Å². The highest BCUT2D eigenvalue weighted by Crippen LogP contribution is 2.44. The molecule has 1 atom stereocenters. The van der Waals surface area contributed by atoms with Crippen LogP contribution in [0.1, 0.15) is 25.7 Å². The first kappa shape index (κ1) is 8.00. The molecule has 0 saturated heterocycles. The number of hydrogen-bond acceptors (Lipinski definition) is 1. The first-order valence-electron chi connectivity index (χ1n) is 3.81. The van der Waals surface area contributed by atoms with Crippen molar-refractivity contribution in [3.63, 3.8) is 0 Å². The van der Waals surface area contributed by atoms with Crippen LogP contribution in [0.2, 0.25) is 0 Å². The third kappa shape index (κ3) is 2.66. The molecule has 0 radical (unpaired) electrons. The first-order chi connectivity index (χ1) is 4.71. The van der Waals surface area contributed by atoms with Gasteiger partial charge in [0.25, 0.3) is 0 Å². The fourth-order valence-electron chi connectivity index (χ4n) is 1.11. The minimum absolute atomic E-state index is 0.809. The van der Waals surface area contributed by atoms with Gasteiger partial charge in [-0.15, -0.1) is 0 Å². The van der Waals surface area contributed by atoms with Gasteiger partial charge >= 0.3 is 0 Å². The average molecular weight is 159 g/mol. The van der Waals surface area contributed by atoms with Crippen LogP contribution in [0, 0.1) is 0 Å². The zero-order valence-corrected chi connectivity index (χ0v) is 7.31. The molecule has 2 nitrogen and oxygen atoms in total. The van der Waals surface area contributed by atoms with Gasteiger partial charge < -0.3 is 0 Å². The Labute approximate surface area is 62.2 Å². The standard InChI is InChI=1S/C7H14NOP/c1-10(9)7-5-3-2-4-6-8-10/h6H,2-5,7H2,1H3. The minimum atomic E-state index is -2.09. The molecule has 0 aromatic rings. The van der Waals surface area contributed by atoms with Crippen molar-refractivity contribution in [2.45, 2.75) is 25.7 Å². The molecule has 0 aliphatic carbocycles. The van der Waals surface area contributed by atoms with Crippen molar-refractivity contribution in [3.05, 3.63) is 0 Å². The summed E-state index contributed by atoms with van der Waals surface area (Å²) in [7, 11) is -2.09. The summed E-state index contributed by atoms with van der Waals surface area (Å²) in [6.07, 6.45) is 7.17. The molecule has 0 saturated carbocycles. The van der Waals surface area contributed by atoms with Gasteiger partial charge in [-0.2, -0.15) is 0 Å². The average Bonchev–Trinajstić information content (AvgIpc) is 1.81. The molecule has 1 heterocycles. The van der Waals surface area contributed by atoms with E-state index in [-0.39, 0.29) is 0 Å². The smallest absolute Gasteiger partial charge is 0.186 e. The minimum Gasteiger partial charge on any atom is -0.299 e. The largest absolute Gasteiger partial charge is 0.299 e. The van der Waals surface area contributed by atoms with Crippen LogP contribution in [0.5, 0.6) is 0 Å². The highest BCUT2D eigenvalue weighted by molar-refractivity contribution is 7.61. The Kier molecular flexibility index (Phi) is 2.67. The Morgan fingerprint density at radius 1 is 1.40 bits per heavy atom. The first-order valence-corrected chi connectivity index (χ1v) is 6.10. The summed E-state index contributed by atoms with van der Waals surface area (Å²) in [6.45, 7) is 1.77. The van der Waals surface area contributed by atoms with Crippen molar-refractivity contribution in [1.82, 2.24) is 0 Å². The quantitative estimate of drug-likeness (QED) is 0.499. The van der Waals surface area contributed by atoms with Gasteiger partial charge in [-0.05, 0) is 19.3 Å². The highest BCUT2D eigenvalue weighted by atomic mass is 31.2. The zero-order valence-electron chi connectivity index (χ0n) is 6.42. The van der Waals surface area contributed by atoms with E-state index < -0.39 is 7.29 Å². The Balaban J connectivity index is 2.58. The highest BCUT2D eigenvalue weighted by Gasteiger charge is 2.12. The fourth-order valence-corrected chi connectivity index (χ4v) is 2.49.